The van der Waals surface area contributed by atoms with Gasteiger partial charge >= 0.3 is 0 Å². The van der Waals surface area contributed by atoms with Gasteiger partial charge in [0.05, 0.1) is 18.4 Å². The molecule has 1 unspecified atom stereocenters. The Kier molecular flexibility index (Phi) is 5.63. The van der Waals surface area contributed by atoms with Crippen LogP contribution in [0.1, 0.15) is 23.7 Å². The molecule has 1 aromatic rings. The molecule has 0 aliphatic rings. The lowest BCUT2D eigenvalue weighted by atomic mass is 10.1. The van der Waals surface area contributed by atoms with Gasteiger partial charge in [-0.15, -0.1) is 0 Å². The van der Waals surface area contributed by atoms with Gasteiger partial charge in [0.15, 0.2) is 5.75 Å². The number of hydrogen-bond donors (Lipinski definition) is 2. The molecule has 5 heteroatoms. The Bertz CT molecular complexity index is 433. The van der Waals surface area contributed by atoms with E-state index in [9.17, 15) is 4.79 Å². The number of hydrogen-bond acceptors (Lipinski definition) is 4. The van der Waals surface area contributed by atoms with E-state index in [0.717, 1.165) is 13.0 Å². The fourth-order valence-electron chi connectivity index (χ4n) is 1.79. The molecule has 106 valence electrons. The Balaban J connectivity index is 2.70. The predicted molar refractivity (Wildman–Crippen MR) is 77.5 cm³/mol. The smallest absolute Gasteiger partial charge is 0.255 e. The van der Waals surface area contributed by atoms with E-state index in [0.29, 0.717) is 17.0 Å². The number of amides is 1. The first-order chi connectivity index (χ1) is 8.95. The highest BCUT2D eigenvalue weighted by Gasteiger charge is 2.16. The van der Waals surface area contributed by atoms with Gasteiger partial charge in [0.2, 0.25) is 0 Å². The van der Waals surface area contributed by atoms with Crippen molar-refractivity contribution in [3.8, 4) is 5.75 Å². The summed E-state index contributed by atoms with van der Waals surface area (Å²) in [6, 6.07) is 5.27. The lowest BCUT2D eigenvalue weighted by molar-refractivity contribution is 0.0934. The number of carbonyl (C=O) groups is 1. The van der Waals surface area contributed by atoms with Crippen molar-refractivity contribution >= 4 is 11.6 Å². The van der Waals surface area contributed by atoms with Crippen LogP contribution in [0, 0.1) is 0 Å². The van der Waals surface area contributed by atoms with Crippen LogP contribution in [0.25, 0.3) is 0 Å². The van der Waals surface area contributed by atoms with Gasteiger partial charge in [0.25, 0.3) is 5.91 Å². The molecule has 0 aliphatic carbocycles. The SMILES string of the molecule is COc1c(N)cccc1C(=O)NC(C)CCN(C)C. The zero-order valence-corrected chi connectivity index (χ0v) is 12.1. The molecular weight excluding hydrogens is 242 g/mol. The second-order valence-electron chi connectivity index (χ2n) is 4.89. The summed E-state index contributed by atoms with van der Waals surface area (Å²) in [6.45, 7) is 2.91. The van der Waals surface area contributed by atoms with Crippen molar-refractivity contribution in [1.29, 1.82) is 0 Å². The van der Waals surface area contributed by atoms with Crippen LogP contribution in [-0.4, -0.2) is 44.6 Å². The monoisotopic (exact) mass is 265 g/mol. The second kappa shape index (κ2) is 6.99. The molecule has 0 saturated carbocycles. The number of nitrogens with one attached hydrogen (secondary N) is 1. The van der Waals surface area contributed by atoms with E-state index in [-0.39, 0.29) is 11.9 Å². The van der Waals surface area contributed by atoms with Gasteiger partial charge in [0, 0.05) is 6.04 Å². The summed E-state index contributed by atoms with van der Waals surface area (Å²) in [7, 11) is 5.53. The molecule has 0 fully saturated rings. The Labute approximate surface area is 114 Å². The van der Waals surface area contributed by atoms with Crippen LogP contribution >= 0.6 is 0 Å². The Morgan fingerprint density at radius 1 is 1.47 bits per heavy atom. The molecule has 0 aliphatic heterocycles. The summed E-state index contributed by atoms with van der Waals surface area (Å²) in [6.07, 6.45) is 0.892. The van der Waals surface area contributed by atoms with Gasteiger partial charge in [-0.25, -0.2) is 0 Å². The number of anilines is 1. The topological polar surface area (TPSA) is 67.6 Å². The minimum absolute atomic E-state index is 0.0982. The Hall–Kier alpha value is -1.75. The van der Waals surface area contributed by atoms with Crippen molar-refractivity contribution < 1.29 is 9.53 Å². The van der Waals surface area contributed by atoms with Crippen molar-refractivity contribution in [1.82, 2.24) is 10.2 Å². The van der Waals surface area contributed by atoms with E-state index in [1.165, 1.54) is 7.11 Å². The molecule has 19 heavy (non-hydrogen) atoms. The van der Waals surface area contributed by atoms with Gasteiger partial charge in [0.1, 0.15) is 0 Å². The molecular formula is C14H23N3O2. The van der Waals surface area contributed by atoms with Crippen LogP contribution in [0.3, 0.4) is 0 Å². The first kappa shape index (κ1) is 15.3. The average molecular weight is 265 g/mol. The number of rotatable bonds is 6. The number of ether oxygens (including phenoxy) is 1. The van der Waals surface area contributed by atoms with E-state index in [4.69, 9.17) is 10.5 Å². The summed E-state index contributed by atoms with van der Waals surface area (Å²) in [5.41, 5.74) is 6.73. The number of carbonyl (C=O) groups excluding carboxylic acids is 1. The lowest BCUT2D eigenvalue weighted by Gasteiger charge is -2.18. The van der Waals surface area contributed by atoms with Crippen molar-refractivity contribution in [3.63, 3.8) is 0 Å². The van der Waals surface area contributed by atoms with Crippen LogP contribution < -0.4 is 15.8 Å². The van der Waals surface area contributed by atoms with E-state index in [1.54, 1.807) is 18.2 Å². The zero-order chi connectivity index (χ0) is 14.4. The number of methoxy groups -OCH3 is 1. The highest BCUT2D eigenvalue weighted by molar-refractivity contribution is 5.98. The van der Waals surface area contributed by atoms with Crippen molar-refractivity contribution in [2.45, 2.75) is 19.4 Å². The molecule has 0 radical (unpaired) electrons. The number of nitrogens with zero attached hydrogens (tertiary/aromatic N) is 1. The van der Waals surface area contributed by atoms with Crippen molar-refractivity contribution in [2.75, 3.05) is 33.5 Å². The van der Waals surface area contributed by atoms with E-state index in [1.807, 2.05) is 21.0 Å². The number of nitrogens with two attached hydrogens (primary N) is 1. The third kappa shape index (κ3) is 4.44. The average Bonchev–Trinajstić information content (AvgIpc) is 2.36. The molecule has 0 aromatic heterocycles. The predicted octanol–water partition coefficient (Wildman–Crippen LogP) is 1.35. The molecule has 1 rings (SSSR count). The standard InChI is InChI=1S/C14H23N3O2/c1-10(8-9-17(2)3)16-14(18)11-6-5-7-12(15)13(11)19-4/h5-7,10H,8-9,15H2,1-4H3,(H,16,18). The van der Waals surface area contributed by atoms with Crippen molar-refractivity contribution in [3.05, 3.63) is 23.8 Å². The number of benzene rings is 1. The first-order valence-corrected chi connectivity index (χ1v) is 6.33. The van der Waals surface area contributed by atoms with Crippen LogP contribution in [-0.2, 0) is 0 Å². The Morgan fingerprint density at radius 2 is 2.16 bits per heavy atom. The number of para-hydroxylation sites is 1. The molecule has 0 heterocycles. The fourth-order valence-corrected chi connectivity index (χ4v) is 1.79. The maximum absolute atomic E-state index is 12.2. The quantitative estimate of drug-likeness (QED) is 0.762. The van der Waals surface area contributed by atoms with Gasteiger partial charge in [-0.05, 0) is 46.1 Å². The minimum atomic E-state index is -0.157. The summed E-state index contributed by atoms with van der Waals surface area (Å²) < 4.78 is 5.18. The lowest BCUT2D eigenvalue weighted by Crippen LogP contribution is -2.35. The minimum Gasteiger partial charge on any atom is -0.494 e. The molecule has 0 bridgehead atoms. The zero-order valence-electron chi connectivity index (χ0n) is 12.1. The van der Waals surface area contributed by atoms with Gasteiger partial charge < -0.3 is 20.7 Å². The third-order valence-electron chi connectivity index (χ3n) is 2.88. The first-order valence-electron chi connectivity index (χ1n) is 6.33. The van der Waals surface area contributed by atoms with Crippen LogP contribution in [0.5, 0.6) is 5.75 Å². The maximum Gasteiger partial charge on any atom is 0.255 e. The van der Waals surface area contributed by atoms with Crippen molar-refractivity contribution in [2.24, 2.45) is 0 Å². The van der Waals surface area contributed by atoms with Gasteiger partial charge in [-0.2, -0.15) is 0 Å². The highest BCUT2D eigenvalue weighted by atomic mass is 16.5. The second-order valence-corrected chi connectivity index (χ2v) is 4.89. The maximum atomic E-state index is 12.2. The normalized spacial score (nSPS) is 12.3. The third-order valence-corrected chi connectivity index (χ3v) is 2.88. The summed E-state index contributed by atoms with van der Waals surface area (Å²) in [4.78, 5) is 14.3. The molecule has 0 spiro atoms. The summed E-state index contributed by atoms with van der Waals surface area (Å²) in [5, 5.41) is 2.95. The van der Waals surface area contributed by atoms with Crippen LogP contribution in [0.15, 0.2) is 18.2 Å². The summed E-state index contributed by atoms with van der Waals surface area (Å²) >= 11 is 0. The highest BCUT2D eigenvalue weighted by Crippen LogP contribution is 2.25. The molecule has 0 saturated heterocycles. The van der Waals surface area contributed by atoms with E-state index < -0.39 is 0 Å². The van der Waals surface area contributed by atoms with E-state index >= 15 is 0 Å². The van der Waals surface area contributed by atoms with Gasteiger partial charge in [-0.1, -0.05) is 6.07 Å². The van der Waals surface area contributed by atoms with E-state index in [2.05, 4.69) is 10.2 Å². The number of nitrogen functional groups attached to an aromatic ring is 1. The molecule has 3 N–H and O–H groups in total. The fraction of sp³-hybridized carbons (Fsp3) is 0.500. The molecule has 1 amide bonds. The molecule has 1 atom stereocenters. The molecule has 1 aromatic carbocycles. The van der Waals surface area contributed by atoms with Crippen LogP contribution in [0.2, 0.25) is 0 Å². The molecule has 5 nitrogen and oxygen atoms in total. The van der Waals surface area contributed by atoms with Gasteiger partial charge in [-0.3, -0.25) is 4.79 Å². The van der Waals surface area contributed by atoms with Crippen LogP contribution in [0.4, 0.5) is 5.69 Å². The Morgan fingerprint density at radius 3 is 2.74 bits per heavy atom. The summed E-state index contributed by atoms with van der Waals surface area (Å²) in [5.74, 6) is 0.273. The largest absolute Gasteiger partial charge is 0.494 e.